The van der Waals surface area contributed by atoms with Crippen LogP contribution >= 0.6 is 23.2 Å². The highest BCUT2D eigenvalue weighted by Gasteiger charge is 2.59. The molecule has 1 aliphatic heterocycles. The van der Waals surface area contributed by atoms with Crippen LogP contribution in [0, 0.1) is 23.0 Å². The summed E-state index contributed by atoms with van der Waals surface area (Å²) >= 11 is 12.5. The lowest BCUT2D eigenvalue weighted by molar-refractivity contribution is -0.181. The van der Waals surface area contributed by atoms with E-state index in [0.717, 1.165) is 0 Å². The summed E-state index contributed by atoms with van der Waals surface area (Å²) in [5, 5.41) is 24.5. The van der Waals surface area contributed by atoms with E-state index in [-0.39, 0.29) is 82.1 Å². The lowest BCUT2D eigenvalue weighted by Gasteiger charge is -2.42. The van der Waals surface area contributed by atoms with Gasteiger partial charge in [0, 0.05) is 42.2 Å². The van der Waals surface area contributed by atoms with E-state index in [1.165, 1.54) is 44.4 Å². The molecule has 6 unspecified atom stereocenters. The second-order valence-corrected chi connectivity index (χ2v) is 16.8. The van der Waals surface area contributed by atoms with Gasteiger partial charge in [-0.15, -0.1) is 0 Å². The van der Waals surface area contributed by atoms with Crippen molar-refractivity contribution in [2.75, 3.05) is 7.11 Å². The van der Waals surface area contributed by atoms with Crippen LogP contribution in [0.4, 0.5) is 8.78 Å². The Hall–Kier alpha value is -5.01. The summed E-state index contributed by atoms with van der Waals surface area (Å²) in [5.74, 6) is -7.86. The standard InChI is InChI=1S/C44H50Cl2F2N2O10/c1-7-44(29-18-17-27(45)22-31(29)47)34(23-43(3,4)5)50-39(37(44)28-11-9-12-30(46)38(28)48)40(54)49-32-19-14-26(15-20-33(32)58-6)42(57)60-24(2)59-36(53)13-8-10-25(41(55)56)16-21-35(51)52/h9,11-12,14-15,17-19,22,24-25,34,37,39,50H,7-8,10,13,16,21,23H2,1-6H3,(H,49,54)(H,51,52)(H,55,56). The molecule has 16 heteroatoms. The maximum Gasteiger partial charge on any atom is 0.341 e. The molecule has 4 rings (SSSR count). The number of methoxy groups -OCH3 is 1. The van der Waals surface area contributed by atoms with Gasteiger partial charge < -0.3 is 35.1 Å². The van der Waals surface area contributed by atoms with Gasteiger partial charge in [-0.3, -0.25) is 19.2 Å². The summed E-state index contributed by atoms with van der Waals surface area (Å²) in [5.41, 5.74) is 1.69. The van der Waals surface area contributed by atoms with Crippen molar-refractivity contribution in [1.82, 2.24) is 10.6 Å². The number of amides is 1. The smallest absolute Gasteiger partial charge is 0.341 e. The molecule has 6 atom stereocenters. The van der Waals surface area contributed by atoms with Gasteiger partial charge >= 0.3 is 23.9 Å². The largest absolute Gasteiger partial charge is 0.487 e. The van der Waals surface area contributed by atoms with E-state index in [1.54, 1.807) is 24.3 Å². The number of rotatable bonds is 18. The number of nitrogens with one attached hydrogen (secondary N) is 2. The lowest BCUT2D eigenvalue weighted by atomic mass is 9.60. The Labute approximate surface area is 357 Å². The average Bonchev–Trinajstić information content (AvgIpc) is 3.32. The van der Waals surface area contributed by atoms with Crippen molar-refractivity contribution in [3.8, 4) is 0 Å². The topological polar surface area (TPSA) is 178 Å². The first-order valence-electron chi connectivity index (χ1n) is 19.5. The summed E-state index contributed by atoms with van der Waals surface area (Å²) in [6.45, 7) is 9.22. The van der Waals surface area contributed by atoms with Crippen molar-refractivity contribution < 1.29 is 57.2 Å². The van der Waals surface area contributed by atoms with E-state index in [1.807, 2.05) is 27.7 Å². The first-order chi connectivity index (χ1) is 28.2. The van der Waals surface area contributed by atoms with Crippen LogP contribution in [0.25, 0.3) is 0 Å². The number of allylic oxidation sites excluding steroid dienone is 2. The number of carboxylic acid groups (broad SMARTS) is 2. The maximum atomic E-state index is 16.2. The van der Waals surface area contributed by atoms with E-state index in [0.29, 0.717) is 6.42 Å². The van der Waals surface area contributed by atoms with E-state index >= 15 is 8.78 Å². The van der Waals surface area contributed by atoms with Gasteiger partial charge in [0.25, 0.3) is 0 Å². The number of hydrogen-bond donors (Lipinski definition) is 4. The fourth-order valence-corrected chi connectivity index (χ4v) is 8.29. The molecule has 1 fully saturated rings. The molecular formula is C44H50Cl2F2N2O10. The van der Waals surface area contributed by atoms with Crippen molar-refractivity contribution >= 4 is 53.0 Å². The molecule has 324 valence electrons. The van der Waals surface area contributed by atoms with Gasteiger partial charge in [-0.25, -0.2) is 13.6 Å². The summed E-state index contributed by atoms with van der Waals surface area (Å²) in [6, 6.07) is 7.15. The average molecular weight is 876 g/mol. The molecule has 2 aromatic rings. The second kappa shape index (κ2) is 20.5. The molecule has 0 aromatic heterocycles. The first kappa shape index (κ1) is 47.7. The van der Waals surface area contributed by atoms with Crippen LogP contribution in [-0.4, -0.2) is 65.5 Å². The summed E-state index contributed by atoms with van der Waals surface area (Å²) in [6.07, 6.45) is 2.91. The zero-order valence-electron chi connectivity index (χ0n) is 34.2. The predicted octanol–water partition coefficient (Wildman–Crippen LogP) is 8.27. The Bertz CT molecular complexity index is 2110. The number of ether oxygens (including phenoxy) is 3. The van der Waals surface area contributed by atoms with Crippen LogP contribution in [0.3, 0.4) is 0 Å². The van der Waals surface area contributed by atoms with Crippen molar-refractivity contribution in [3.05, 3.63) is 110 Å². The number of halogens is 4. The lowest BCUT2D eigenvalue weighted by Crippen LogP contribution is -2.45. The van der Waals surface area contributed by atoms with Gasteiger partial charge in [0.15, 0.2) is 5.76 Å². The van der Waals surface area contributed by atoms with Gasteiger partial charge in [-0.05, 0) is 85.1 Å². The quantitative estimate of drug-likeness (QED) is 0.0644. The molecule has 2 aliphatic rings. The third kappa shape index (κ3) is 11.6. The fourth-order valence-electron chi connectivity index (χ4n) is 7.94. The van der Waals surface area contributed by atoms with Gasteiger partial charge in [0.1, 0.15) is 11.6 Å². The maximum absolute atomic E-state index is 16.2. The minimum Gasteiger partial charge on any atom is -0.487 e. The minimum atomic E-state index is -1.35. The number of carboxylic acids is 2. The molecule has 1 heterocycles. The van der Waals surface area contributed by atoms with E-state index in [2.05, 4.69) is 16.4 Å². The normalized spacial score (nSPS) is 21.1. The van der Waals surface area contributed by atoms with E-state index in [9.17, 15) is 29.1 Å². The number of carbonyl (C=O) groups is 5. The van der Waals surface area contributed by atoms with Gasteiger partial charge in [-0.2, -0.15) is 0 Å². The molecule has 12 nitrogen and oxygen atoms in total. The molecule has 1 aliphatic carbocycles. The highest BCUT2D eigenvalue weighted by molar-refractivity contribution is 6.31. The Balaban J connectivity index is 1.59. The number of carbonyl (C=O) groups excluding carboxylic acids is 3. The number of benzene rings is 2. The fraction of sp³-hybridized carbons (Fsp3) is 0.455. The Kier molecular flexibility index (Phi) is 16.3. The number of esters is 2. The Morgan fingerprint density at radius 3 is 2.35 bits per heavy atom. The van der Waals surface area contributed by atoms with Crippen LogP contribution in [0.15, 0.2) is 77.4 Å². The summed E-state index contributed by atoms with van der Waals surface area (Å²) in [7, 11) is 1.33. The van der Waals surface area contributed by atoms with Gasteiger partial charge in [0.2, 0.25) is 12.2 Å². The SMILES string of the molecule is CCC1(c2ccc(Cl)cc2F)C(CC(C)(C)C)NC(C(=O)NC2=CC=C(C(=O)OC(C)OC(=O)CCCC(CCC(=O)O)C(=O)O)C=C=C2OC)C1c1cccc(Cl)c1F. The van der Waals surface area contributed by atoms with Gasteiger partial charge in [0.05, 0.1) is 35.4 Å². The molecule has 60 heavy (non-hydrogen) atoms. The molecule has 1 amide bonds. The molecular weight excluding hydrogens is 825 g/mol. The van der Waals surface area contributed by atoms with Crippen molar-refractivity contribution in [1.29, 1.82) is 0 Å². The van der Waals surface area contributed by atoms with Crippen molar-refractivity contribution in [3.63, 3.8) is 0 Å². The molecule has 1 saturated heterocycles. The highest BCUT2D eigenvalue weighted by Crippen LogP contribution is 2.55. The Morgan fingerprint density at radius 2 is 1.73 bits per heavy atom. The second-order valence-electron chi connectivity index (χ2n) is 15.9. The molecule has 0 radical (unpaired) electrons. The third-order valence-electron chi connectivity index (χ3n) is 10.6. The number of hydrogen-bond acceptors (Lipinski definition) is 9. The van der Waals surface area contributed by atoms with Crippen LogP contribution in [-0.2, 0) is 43.6 Å². The number of aliphatic carboxylic acids is 2. The summed E-state index contributed by atoms with van der Waals surface area (Å²) in [4.78, 5) is 62.4. The molecule has 0 spiro atoms. The van der Waals surface area contributed by atoms with Crippen LogP contribution in [0.2, 0.25) is 10.0 Å². The van der Waals surface area contributed by atoms with E-state index < -0.39 is 77.0 Å². The third-order valence-corrected chi connectivity index (χ3v) is 11.1. The minimum absolute atomic E-state index is 0.0186. The predicted molar refractivity (Wildman–Crippen MR) is 219 cm³/mol. The molecule has 2 aromatic carbocycles. The van der Waals surface area contributed by atoms with Crippen LogP contribution < -0.4 is 10.6 Å². The molecule has 4 N–H and O–H groups in total. The van der Waals surface area contributed by atoms with E-state index in [4.69, 9.17) is 42.5 Å². The molecule has 0 saturated carbocycles. The van der Waals surface area contributed by atoms with Crippen LogP contribution in [0.5, 0.6) is 0 Å². The summed E-state index contributed by atoms with van der Waals surface area (Å²) < 4.78 is 48.4. The first-order valence-corrected chi connectivity index (χ1v) is 20.2. The Morgan fingerprint density at radius 1 is 1.02 bits per heavy atom. The zero-order chi connectivity index (χ0) is 44.5. The van der Waals surface area contributed by atoms with Gasteiger partial charge in [-0.1, -0.05) is 74.8 Å². The van der Waals surface area contributed by atoms with Crippen LogP contribution in [0.1, 0.15) is 96.6 Å². The van der Waals surface area contributed by atoms with Crippen molar-refractivity contribution in [2.24, 2.45) is 11.3 Å². The van der Waals surface area contributed by atoms with Crippen molar-refractivity contribution in [2.45, 2.75) is 109 Å². The monoisotopic (exact) mass is 874 g/mol. The highest BCUT2D eigenvalue weighted by atomic mass is 35.5. The molecule has 0 bridgehead atoms. The zero-order valence-corrected chi connectivity index (χ0v) is 35.7.